The molecule has 5 heteroatoms. The molecule has 0 saturated carbocycles. The second-order valence-corrected chi connectivity index (χ2v) is 5.32. The molecule has 0 aliphatic carbocycles. The van der Waals surface area contributed by atoms with Crippen LogP contribution in [-0.2, 0) is 6.54 Å². The van der Waals surface area contributed by atoms with E-state index in [1.165, 1.54) is 0 Å². The van der Waals surface area contributed by atoms with E-state index in [0.717, 1.165) is 29.9 Å². The summed E-state index contributed by atoms with van der Waals surface area (Å²) in [5.74, 6) is 0.972. The normalized spacial score (nSPS) is 11.3. The average molecular weight is 279 g/mol. The Morgan fingerprint density at radius 2 is 2.05 bits per heavy atom. The van der Waals surface area contributed by atoms with E-state index in [4.69, 9.17) is 11.6 Å². The van der Waals surface area contributed by atoms with Gasteiger partial charge in [0.2, 0.25) is 0 Å². The number of halogens is 1. The van der Waals surface area contributed by atoms with Crippen LogP contribution in [-0.4, -0.2) is 19.5 Å². The third kappa shape index (κ3) is 2.78. The fraction of sp³-hybridized carbons (Fsp3) is 0.500. The lowest BCUT2D eigenvalue weighted by atomic mass is 10.0. The molecular weight excluding hydrogens is 260 g/mol. The molecule has 0 amide bonds. The number of rotatable bonds is 4. The van der Waals surface area contributed by atoms with Gasteiger partial charge in [0, 0.05) is 17.8 Å². The summed E-state index contributed by atoms with van der Waals surface area (Å²) < 4.78 is 2.06. The maximum absolute atomic E-state index is 6.30. The zero-order chi connectivity index (χ0) is 14.0. The molecule has 0 N–H and O–H groups in total. The van der Waals surface area contributed by atoms with Crippen LogP contribution in [0.1, 0.15) is 44.4 Å². The number of imidazole rings is 1. The Kier molecular flexibility index (Phi) is 4.20. The summed E-state index contributed by atoms with van der Waals surface area (Å²) >= 11 is 6.30. The first-order valence-electron chi connectivity index (χ1n) is 6.59. The van der Waals surface area contributed by atoms with Crippen molar-refractivity contribution in [2.24, 2.45) is 0 Å². The van der Waals surface area contributed by atoms with Gasteiger partial charge in [0.15, 0.2) is 5.82 Å². The maximum atomic E-state index is 6.30. The third-order valence-corrected chi connectivity index (χ3v) is 3.36. The first-order valence-corrected chi connectivity index (χ1v) is 6.96. The van der Waals surface area contributed by atoms with E-state index >= 15 is 0 Å². The average Bonchev–Trinajstić information content (AvgIpc) is 2.76. The van der Waals surface area contributed by atoms with Gasteiger partial charge in [-0.05, 0) is 19.3 Å². The Bertz CT molecular complexity index is 552. The number of hydrogen-bond donors (Lipinski definition) is 0. The van der Waals surface area contributed by atoms with Crippen molar-refractivity contribution in [2.75, 3.05) is 0 Å². The highest BCUT2D eigenvalue weighted by atomic mass is 35.5. The fourth-order valence-electron chi connectivity index (χ4n) is 2.24. The Hall–Kier alpha value is -1.42. The molecule has 2 aromatic heterocycles. The van der Waals surface area contributed by atoms with E-state index in [1.807, 2.05) is 13.3 Å². The van der Waals surface area contributed by atoms with Crippen molar-refractivity contribution in [2.45, 2.75) is 46.6 Å². The summed E-state index contributed by atoms with van der Waals surface area (Å²) in [7, 11) is 0. The quantitative estimate of drug-likeness (QED) is 0.798. The minimum atomic E-state index is 0.321. The second-order valence-electron chi connectivity index (χ2n) is 4.96. The fourth-order valence-corrected chi connectivity index (χ4v) is 2.68. The molecule has 0 spiro atoms. The summed E-state index contributed by atoms with van der Waals surface area (Å²) in [6.45, 7) is 9.20. The first-order chi connectivity index (χ1) is 9.04. The molecule has 102 valence electrons. The van der Waals surface area contributed by atoms with Gasteiger partial charge in [-0.3, -0.25) is 0 Å². The van der Waals surface area contributed by atoms with Crippen LogP contribution in [0.15, 0.2) is 12.5 Å². The highest BCUT2D eigenvalue weighted by molar-refractivity contribution is 6.30. The van der Waals surface area contributed by atoms with E-state index < -0.39 is 0 Å². The van der Waals surface area contributed by atoms with Crippen LogP contribution in [0.3, 0.4) is 0 Å². The van der Waals surface area contributed by atoms with E-state index in [-0.39, 0.29) is 0 Å². The molecule has 0 fully saturated rings. The predicted octanol–water partition coefficient (Wildman–Crippen LogP) is 3.84. The van der Waals surface area contributed by atoms with Gasteiger partial charge >= 0.3 is 0 Å². The highest BCUT2D eigenvalue weighted by Gasteiger charge is 2.16. The lowest BCUT2D eigenvalue weighted by molar-refractivity contribution is 0.680. The molecule has 0 aliphatic heterocycles. The Labute approximate surface area is 118 Å². The molecule has 2 aromatic rings. The van der Waals surface area contributed by atoms with Crippen LogP contribution in [0, 0.1) is 6.92 Å². The van der Waals surface area contributed by atoms with E-state index in [1.54, 1.807) is 6.20 Å². The lowest BCUT2D eigenvalue weighted by Gasteiger charge is -2.13. The Morgan fingerprint density at radius 1 is 1.32 bits per heavy atom. The largest absolute Gasteiger partial charge is 0.328 e. The summed E-state index contributed by atoms with van der Waals surface area (Å²) in [6.07, 6.45) is 4.64. The molecule has 0 aromatic carbocycles. The number of hydrogen-bond acceptors (Lipinski definition) is 3. The smallest absolute Gasteiger partial charge is 0.179 e. The van der Waals surface area contributed by atoms with Crippen molar-refractivity contribution >= 4 is 11.6 Å². The molecular formula is C14H19ClN4. The Morgan fingerprint density at radius 3 is 2.63 bits per heavy atom. The summed E-state index contributed by atoms with van der Waals surface area (Å²) in [4.78, 5) is 13.2. The van der Waals surface area contributed by atoms with Crippen molar-refractivity contribution in [1.82, 2.24) is 19.5 Å². The third-order valence-electron chi connectivity index (χ3n) is 3.07. The Balaban J connectivity index is 2.49. The monoisotopic (exact) mass is 278 g/mol. The molecule has 2 heterocycles. The summed E-state index contributed by atoms with van der Waals surface area (Å²) in [5.41, 5.74) is 2.88. The zero-order valence-electron chi connectivity index (χ0n) is 11.8. The topological polar surface area (TPSA) is 43.6 Å². The van der Waals surface area contributed by atoms with Crippen molar-refractivity contribution < 1.29 is 0 Å². The molecule has 0 unspecified atom stereocenters. The molecule has 0 atom stereocenters. The van der Waals surface area contributed by atoms with Crippen LogP contribution >= 0.6 is 11.6 Å². The summed E-state index contributed by atoms with van der Waals surface area (Å²) in [5, 5.41) is 0.543. The predicted molar refractivity (Wildman–Crippen MR) is 77.4 cm³/mol. The van der Waals surface area contributed by atoms with Crippen molar-refractivity contribution in [3.63, 3.8) is 0 Å². The van der Waals surface area contributed by atoms with Gasteiger partial charge in [0.25, 0.3) is 0 Å². The molecule has 4 nitrogen and oxygen atoms in total. The SMILES string of the molecule is CCCn1cncc1-c1nc(C)c(C(C)C)c(Cl)n1. The van der Waals surface area contributed by atoms with E-state index in [2.05, 4.69) is 40.3 Å². The molecule has 0 aliphatic rings. The van der Waals surface area contributed by atoms with E-state index in [9.17, 15) is 0 Å². The molecule has 0 radical (unpaired) electrons. The number of nitrogens with zero attached hydrogens (tertiary/aromatic N) is 4. The van der Waals surface area contributed by atoms with Gasteiger partial charge in [0.05, 0.1) is 12.5 Å². The van der Waals surface area contributed by atoms with Crippen molar-refractivity contribution in [1.29, 1.82) is 0 Å². The minimum Gasteiger partial charge on any atom is -0.328 e. The van der Waals surface area contributed by atoms with Gasteiger partial charge in [0.1, 0.15) is 10.8 Å². The van der Waals surface area contributed by atoms with Gasteiger partial charge in [-0.25, -0.2) is 15.0 Å². The van der Waals surface area contributed by atoms with Crippen LogP contribution in [0.2, 0.25) is 5.15 Å². The first kappa shape index (κ1) is 14.0. The number of aromatic nitrogens is 4. The van der Waals surface area contributed by atoms with Gasteiger partial charge in [-0.15, -0.1) is 0 Å². The highest BCUT2D eigenvalue weighted by Crippen LogP contribution is 2.27. The van der Waals surface area contributed by atoms with Crippen LogP contribution in [0.4, 0.5) is 0 Å². The molecule has 0 bridgehead atoms. The molecule has 2 rings (SSSR count). The lowest BCUT2D eigenvalue weighted by Crippen LogP contribution is -2.05. The summed E-state index contributed by atoms with van der Waals surface area (Å²) in [6, 6.07) is 0. The molecule has 19 heavy (non-hydrogen) atoms. The number of aryl methyl sites for hydroxylation is 2. The minimum absolute atomic E-state index is 0.321. The zero-order valence-corrected chi connectivity index (χ0v) is 12.6. The van der Waals surface area contributed by atoms with Crippen LogP contribution in [0.25, 0.3) is 11.5 Å². The molecule has 0 saturated heterocycles. The standard InChI is InChI=1S/C14H19ClN4/c1-5-6-19-8-16-7-11(19)14-17-10(4)12(9(2)3)13(15)18-14/h7-9H,5-6H2,1-4H3. The van der Waals surface area contributed by atoms with Crippen LogP contribution in [0.5, 0.6) is 0 Å². The van der Waals surface area contributed by atoms with E-state index in [0.29, 0.717) is 16.9 Å². The van der Waals surface area contributed by atoms with Crippen molar-refractivity contribution in [3.05, 3.63) is 28.9 Å². The van der Waals surface area contributed by atoms with Gasteiger partial charge in [-0.2, -0.15) is 0 Å². The van der Waals surface area contributed by atoms with Crippen LogP contribution < -0.4 is 0 Å². The van der Waals surface area contributed by atoms with Gasteiger partial charge < -0.3 is 4.57 Å². The maximum Gasteiger partial charge on any atom is 0.179 e. The van der Waals surface area contributed by atoms with Gasteiger partial charge in [-0.1, -0.05) is 32.4 Å². The van der Waals surface area contributed by atoms with Crippen molar-refractivity contribution in [3.8, 4) is 11.5 Å². The second kappa shape index (κ2) is 5.70.